The van der Waals surface area contributed by atoms with Crippen LogP contribution in [0.2, 0.25) is 0 Å². The van der Waals surface area contributed by atoms with Gasteiger partial charge < -0.3 is 15.2 Å². The predicted molar refractivity (Wildman–Crippen MR) is 96.4 cm³/mol. The minimum atomic E-state index is -0.362. The molecule has 0 spiro atoms. The van der Waals surface area contributed by atoms with Gasteiger partial charge in [0.1, 0.15) is 5.75 Å². The van der Waals surface area contributed by atoms with Crippen molar-refractivity contribution in [2.75, 3.05) is 12.3 Å². The lowest BCUT2D eigenvalue weighted by atomic mass is 10.2. The molecule has 0 amide bonds. The second-order valence-electron chi connectivity index (χ2n) is 5.86. The van der Waals surface area contributed by atoms with Crippen molar-refractivity contribution in [3.05, 3.63) is 59.7 Å². The number of nitrogen functional groups attached to an aromatic ring is 1. The molecule has 0 heterocycles. The summed E-state index contributed by atoms with van der Waals surface area (Å²) in [5.41, 5.74) is 7.78. The van der Waals surface area contributed by atoms with Crippen molar-refractivity contribution in [2.45, 2.75) is 32.6 Å². The first-order valence-electron chi connectivity index (χ1n) is 8.34. The number of carbonyl (C=O) groups is 2. The van der Waals surface area contributed by atoms with Gasteiger partial charge >= 0.3 is 11.9 Å². The van der Waals surface area contributed by atoms with E-state index in [4.69, 9.17) is 15.2 Å². The summed E-state index contributed by atoms with van der Waals surface area (Å²) in [7, 11) is 0. The predicted octanol–water partition coefficient (Wildman–Crippen LogP) is 3.90. The normalized spacial score (nSPS) is 10.3. The first-order chi connectivity index (χ1) is 12.0. The van der Waals surface area contributed by atoms with Gasteiger partial charge in [0.05, 0.1) is 12.2 Å². The van der Waals surface area contributed by atoms with E-state index in [1.165, 1.54) is 0 Å². The van der Waals surface area contributed by atoms with Crippen LogP contribution in [-0.2, 0) is 9.53 Å². The number of rotatable bonds is 8. The third kappa shape index (κ3) is 6.67. The molecule has 0 aliphatic heterocycles. The maximum Gasteiger partial charge on any atom is 0.338 e. The topological polar surface area (TPSA) is 78.6 Å². The Morgan fingerprint density at radius 3 is 2.28 bits per heavy atom. The molecule has 5 nitrogen and oxygen atoms in total. The van der Waals surface area contributed by atoms with Crippen LogP contribution in [0.3, 0.4) is 0 Å². The van der Waals surface area contributed by atoms with Gasteiger partial charge in [0.25, 0.3) is 0 Å². The van der Waals surface area contributed by atoms with Crippen molar-refractivity contribution in [1.82, 2.24) is 0 Å². The molecule has 5 heteroatoms. The Morgan fingerprint density at radius 1 is 0.920 bits per heavy atom. The van der Waals surface area contributed by atoms with E-state index in [9.17, 15) is 9.59 Å². The highest BCUT2D eigenvalue weighted by atomic mass is 16.5. The van der Waals surface area contributed by atoms with E-state index in [1.807, 2.05) is 19.1 Å². The highest BCUT2D eigenvalue weighted by Gasteiger charge is 2.07. The number of ether oxygens (including phenoxy) is 2. The van der Waals surface area contributed by atoms with Gasteiger partial charge in [-0.25, -0.2) is 4.79 Å². The van der Waals surface area contributed by atoms with Crippen LogP contribution in [0.1, 0.15) is 41.6 Å². The lowest BCUT2D eigenvalue weighted by Gasteiger charge is -2.06. The lowest BCUT2D eigenvalue weighted by Crippen LogP contribution is -2.08. The fraction of sp³-hybridized carbons (Fsp3) is 0.300. The Labute approximate surface area is 147 Å². The highest BCUT2D eigenvalue weighted by molar-refractivity contribution is 5.89. The smallest absolute Gasteiger partial charge is 0.338 e. The number of benzene rings is 2. The maximum atomic E-state index is 11.8. The SMILES string of the molecule is Cc1ccc(OC(=O)CCCCCOC(=O)c2ccc(N)cc2)cc1. The van der Waals surface area contributed by atoms with Crippen molar-refractivity contribution in [3.63, 3.8) is 0 Å². The Hall–Kier alpha value is -2.82. The molecular weight excluding hydrogens is 318 g/mol. The van der Waals surface area contributed by atoms with Crippen LogP contribution in [-0.4, -0.2) is 18.5 Å². The van der Waals surface area contributed by atoms with Crippen LogP contribution in [0.5, 0.6) is 5.75 Å². The largest absolute Gasteiger partial charge is 0.462 e. The zero-order valence-electron chi connectivity index (χ0n) is 14.4. The number of unbranched alkanes of at least 4 members (excludes halogenated alkanes) is 2. The number of aryl methyl sites for hydroxylation is 1. The Balaban J connectivity index is 1.57. The molecule has 0 radical (unpaired) electrons. The van der Waals surface area contributed by atoms with E-state index >= 15 is 0 Å². The molecule has 2 aromatic rings. The average Bonchev–Trinajstić information content (AvgIpc) is 2.60. The molecule has 0 aromatic heterocycles. The Kier molecular flexibility index (Phi) is 7.01. The number of anilines is 1. The first kappa shape index (κ1) is 18.5. The van der Waals surface area contributed by atoms with E-state index < -0.39 is 0 Å². The number of esters is 2. The van der Waals surface area contributed by atoms with Gasteiger partial charge in [-0.2, -0.15) is 0 Å². The maximum absolute atomic E-state index is 11.8. The van der Waals surface area contributed by atoms with Gasteiger partial charge in [0.15, 0.2) is 0 Å². The first-order valence-corrected chi connectivity index (χ1v) is 8.34. The summed E-state index contributed by atoms with van der Waals surface area (Å²) in [5.74, 6) is -0.0467. The summed E-state index contributed by atoms with van der Waals surface area (Å²) >= 11 is 0. The van der Waals surface area contributed by atoms with Crippen molar-refractivity contribution in [3.8, 4) is 5.75 Å². The third-order valence-corrected chi connectivity index (χ3v) is 3.66. The molecule has 2 N–H and O–H groups in total. The molecule has 2 rings (SSSR count). The molecule has 0 unspecified atom stereocenters. The van der Waals surface area contributed by atoms with Crippen LogP contribution in [0, 0.1) is 6.92 Å². The van der Waals surface area contributed by atoms with Crippen molar-refractivity contribution < 1.29 is 19.1 Å². The van der Waals surface area contributed by atoms with Gasteiger partial charge in [-0.1, -0.05) is 17.7 Å². The monoisotopic (exact) mass is 341 g/mol. The van der Waals surface area contributed by atoms with Crippen LogP contribution < -0.4 is 10.5 Å². The van der Waals surface area contributed by atoms with Crippen molar-refractivity contribution in [2.24, 2.45) is 0 Å². The number of hydrogen-bond donors (Lipinski definition) is 1. The zero-order chi connectivity index (χ0) is 18.1. The fourth-order valence-corrected chi connectivity index (χ4v) is 2.20. The summed E-state index contributed by atoms with van der Waals surface area (Å²) in [6.07, 6.45) is 2.54. The summed E-state index contributed by atoms with van der Waals surface area (Å²) in [6, 6.07) is 14.0. The fourth-order valence-electron chi connectivity index (χ4n) is 2.20. The number of carbonyl (C=O) groups excluding carboxylic acids is 2. The van der Waals surface area contributed by atoms with E-state index in [-0.39, 0.29) is 11.9 Å². The molecule has 0 saturated heterocycles. The molecule has 0 aliphatic carbocycles. The molecule has 0 bridgehead atoms. The molecule has 0 fully saturated rings. The van der Waals surface area contributed by atoms with Crippen LogP contribution >= 0.6 is 0 Å². The Morgan fingerprint density at radius 2 is 1.60 bits per heavy atom. The molecule has 0 saturated carbocycles. The van der Waals surface area contributed by atoms with Gasteiger partial charge in [-0.3, -0.25) is 4.79 Å². The standard InChI is InChI=1S/C20H23NO4/c1-15-6-12-18(13-7-15)25-19(22)5-3-2-4-14-24-20(23)16-8-10-17(21)11-9-16/h6-13H,2-5,14,21H2,1H3. The van der Waals surface area contributed by atoms with E-state index in [1.54, 1.807) is 36.4 Å². The molecule has 0 aliphatic rings. The van der Waals surface area contributed by atoms with E-state index in [2.05, 4.69) is 0 Å². The number of nitrogens with two attached hydrogens (primary N) is 1. The van der Waals surface area contributed by atoms with Gasteiger partial charge in [-0.15, -0.1) is 0 Å². The quantitative estimate of drug-likeness (QED) is 0.341. The van der Waals surface area contributed by atoms with Gasteiger partial charge in [0.2, 0.25) is 0 Å². The molecule has 132 valence electrons. The summed E-state index contributed by atoms with van der Waals surface area (Å²) in [6.45, 7) is 2.31. The molecular formula is C20H23NO4. The average molecular weight is 341 g/mol. The minimum Gasteiger partial charge on any atom is -0.462 e. The molecule has 25 heavy (non-hydrogen) atoms. The van der Waals surface area contributed by atoms with Crippen molar-refractivity contribution >= 4 is 17.6 Å². The van der Waals surface area contributed by atoms with Gasteiger partial charge in [-0.05, 0) is 62.6 Å². The van der Waals surface area contributed by atoms with E-state index in [0.29, 0.717) is 42.9 Å². The number of hydrogen-bond acceptors (Lipinski definition) is 5. The van der Waals surface area contributed by atoms with Crippen LogP contribution in [0.4, 0.5) is 5.69 Å². The second kappa shape index (κ2) is 9.47. The van der Waals surface area contributed by atoms with Crippen LogP contribution in [0.15, 0.2) is 48.5 Å². The Bertz CT molecular complexity index is 693. The second-order valence-corrected chi connectivity index (χ2v) is 5.86. The highest BCUT2D eigenvalue weighted by Crippen LogP contribution is 2.13. The van der Waals surface area contributed by atoms with Gasteiger partial charge in [0, 0.05) is 12.1 Å². The van der Waals surface area contributed by atoms with Crippen molar-refractivity contribution in [1.29, 1.82) is 0 Å². The summed E-state index contributed by atoms with van der Waals surface area (Å²) < 4.78 is 10.4. The zero-order valence-corrected chi connectivity index (χ0v) is 14.4. The summed E-state index contributed by atoms with van der Waals surface area (Å²) in [5, 5.41) is 0. The summed E-state index contributed by atoms with van der Waals surface area (Å²) in [4.78, 5) is 23.5. The molecule has 2 aromatic carbocycles. The lowest BCUT2D eigenvalue weighted by molar-refractivity contribution is -0.134. The van der Waals surface area contributed by atoms with Crippen LogP contribution in [0.25, 0.3) is 0 Å². The molecule has 0 atom stereocenters. The third-order valence-electron chi connectivity index (χ3n) is 3.66. The minimum absolute atomic E-state index is 0.247. The van der Waals surface area contributed by atoms with E-state index in [0.717, 1.165) is 12.0 Å².